The van der Waals surface area contributed by atoms with E-state index < -0.39 is 4.92 Å². The lowest BCUT2D eigenvalue weighted by molar-refractivity contribution is -0.385. The van der Waals surface area contributed by atoms with Crippen molar-refractivity contribution >= 4 is 45.3 Å². The number of hydrogen-bond donors (Lipinski definition) is 0. The first-order valence-electron chi connectivity index (χ1n) is 5.94. The van der Waals surface area contributed by atoms with Crippen LogP contribution in [0.5, 0.6) is 0 Å². The predicted molar refractivity (Wildman–Crippen MR) is 82.2 cm³/mol. The predicted octanol–water partition coefficient (Wildman–Crippen LogP) is 4.17. The van der Waals surface area contributed by atoms with Gasteiger partial charge in [0.25, 0.3) is 5.69 Å². The molecule has 0 unspecified atom stereocenters. The highest BCUT2D eigenvalue weighted by Crippen LogP contribution is 2.35. The minimum Gasteiger partial charge on any atom is -0.298 e. The van der Waals surface area contributed by atoms with Gasteiger partial charge in [-0.25, -0.2) is 4.98 Å². The normalized spacial score (nSPS) is 10.7. The number of benzene rings is 2. The Balaban J connectivity index is 1.94. The number of rotatable bonds is 4. The Bertz CT molecular complexity index is 812. The van der Waals surface area contributed by atoms with E-state index in [2.05, 4.69) is 4.98 Å². The van der Waals surface area contributed by atoms with Gasteiger partial charge in [-0.3, -0.25) is 14.9 Å². The number of carbonyl (C=O) groups is 1. The molecule has 0 radical (unpaired) electrons. The summed E-state index contributed by atoms with van der Waals surface area (Å²) >= 11 is 2.93. The van der Waals surface area contributed by atoms with Gasteiger partial charge in [0, 0.05) is 11.0 Å². The molecule has 7 heteroatoms. The molecule has 0 bridgehead atoms. The summed E-state index contributed by atoms with van der Waals surface area (Å²) in [6.07, 6.45) is 0.501. The van der Waals surface area contributed by atoms with Crippen LogP contribution in [0.3, 0.4) is 0 Å². The van der Waals surface area contributed by atoms with Gasteiger partial charge in [-0.1, -0.05) is 23.9 Å². The van der Waals surface area contributed by atoms with Crippen molar-refractivity contribution in [1.29, 1.82) is 0 Å². The summed E-state index contributed by atoms with van der Waals surface area (Å²) in [6, 6.07) is 12.3. The van der Waals surface area contributed by atoms with Gasteiger partial charge in [0.2, 0.25) is 0 Å². The molecule has 0 aliphatic heterocycles. The molecular formula is C14H8N2O3S2. The van der Waals surface area contributed by atoms with Gasteiger partial charge in [0.1, 0.15) is 0 Å². The summed E-state index contributed by atoms with van der Waals surface area (Å²) in [7, 11) is 0. The van der Waals surface area contributed by atoms with Crippen LogP contribution < -0.4 is 0 Å². The van der Waals surface area contributed by atoms with E-state index >= 15 is 0 Å². The minimum absolute atomic E-state index is 0.0751. The first-order chi connectivity index (χ1) is 10.2. The third-order valence-electron chi connectivity index (χ3n) is 2.80. The smallest absolute Gasteiger partial charge is 0.279 e. The molecule has 1 heterocycles. The largest absolute Gasteiger partial charge is 0.298 e. The highest BCUT2D eigenvalue weighted by molar-refractivity contribution is 8.01. The average Bonchev–Trinajstić information content (AvgIpc) is 2.88. The van der Waals surface area contributed by atoms with Crippen LogP contribution >= 0.6 is 23.1 Å². The third kappa shape index (κ3) is 2.79. The highest BCUT2D eigenvalue weighted by Gasteiger charge is 2.14. The Kier molecular flexibility index (Phi) is 3.68. The number of aromatic nitrogens is 1. The van der Waals surface area contributed by atoms with Crippen LogP contribution in [0.2, 0.25) is 0 Å². The Morgan fingerprint density at radius 2 is 2.05 bits per heavy atom. The average molecular weight is 316 g/mol. The second-order valence-electron chi connectivity index (χ2n) is 4.15. The van der Waals surface area contributed by atoms with Gasteiger partial charge in [-0.05, 0) is 24.3 Å². The molecule has 0 aliphatic rings. The Labute approximate surface area is 127 Å². The molecule has 0 fully saturated rings. The molecule has 0 N–H and O–H groups in total. The van der Waals surface area contributed by atoms with Gasteiger partial charge >= 0.3 is 0 Å². The van der Waals surface area contributed by atoms with Crippen molar-refractivity contribution in [3.8, 4) is 0 Å². The van der Waals surface area contributed by atoms with E-state index in [4.69, 9.17) is 0 Å². The maximum atomic E-state index is 11.0. The minimum atomic E-state index is -0.560. The van der Waals surface area contributed by atoms with E-state index in [1.54, 1.807) is 17.4 Å². The van der Waals surface area contributed by atoms with Crippen molar-refractivity contribution in [2.24, 2.45) is 0 Å². The Morgan fingerprint density at radius 1 is 1.24 bits per heavy atom. The highest BCUT2D eigenvalue weighted by atomic mass is 32.2. The zero-order chi connectivity index (χ0) is 14.8. The lowest BCUT2D eigenvalue weighted by Crippen LogP contribution is -1.94. The van der Waals surface area contributed by atoms with E-state index in [-0.39, 0.29) is 11.3 Å². The topological polar surface area (TPSA) is 73.1 Å². The molecule has 0 amide bonds. The van der Waals surface area contributed by atoms with Crippen molar-refractivity contribution in [3.05, 3.63) is 58.1 Å². The molecule has 0 spiro atoms. The molecular weight excluding hydrogens is 308 g/mol. The molecule has 0 atom stereocenters. The second-order valence-corrected chi connectivity index (χ2v) is 6.50. The molecule has 1 aromatic heterocycles. The van der Waals surface area contributed by atoms with Crippen LogP contribution in [0.4, 0.5) is 5.69 Å². The third-order valence-corrected chi connectivity index (χ3v) is 4.89. The van der Waals surface area contributed by atoms with Crippen molar-refractivity contribution in [1.82, 2.24) is 4.98 Å². The van der Waals surface area contributed by atoms with Crippen molar-refractivity contribution in [3.63, 3.8) is 0 Å². The summed E-state index contributed by atoms with van der Waals surface area (Å²) in [4.78, 5) is 26.4. The molecule has 5 nitrogen and oxygen atoms in total. The van der Waals surface area contributed by atoms with E-state index in [0.717, 1.165) is 19.5 Å². The van der Waals surface area contributed by atoms with Gasteiger partial charge in [0.15, 0.2) is 10.6 Å². The molecule has 0 saturated carbocycles. The van der Waals surface area contributed by atoms with Crippen molar-refractivity contribution in [2.45, 2.75) is 9.24 Å². The van der Waals surface area contributed by atoms with Crippen LogP contribution in [-0.2, 0) is 0 Å². The summed E-state index contributed by atoms with van der Waals surface area (Å²) in [5.41, 5.74) is 0.812. The van der Waals surface area contributed by atoms with Crippen LogP contribution in [-0.4, -0.2) is 16.2 Å². The zero-order valence-electron chi connectivity index (χ0n) is 10.6. The van der Waals surface area contributed by atoms with Crippen molar-refractivity contribution < 1.29 is 9.72 Å². The number of nitrogens with zero attached hydrogens (tertiary/aromatic N) is 2. The number of aldehydes is 1. The van der Waals surface area contributed by atoms with Gasteiger partial charge in [-0.15, -0.1) is 11.3 Å². The molecule has 2 aromatic carbocycles. The van der Waals surface area contributed by atoms with Crippen LogP contribution in [0, 0.1) is 10.1 Å². The maximum absolute atomic E-state index is 11.0. The lowest BCUT2D eigenvalue weighted by Gasteiger charge is -2.00. The van der Waals surface area contributed by atoms with Crippen LogP contribution in [0.15, 0.2) is 51.7 Å². The summed E-state index contributed by atoms with van der Waals surface area (Å²) in [5.74, 6) is 0. The fourth-order valence-corrected chi connectivity index (χ4v) is 3.94. The van der Waals surface area contributed by atoms with E-state index in [1.165, 1.54) is 23.9 Å². The fourth-order valence-electron chi connectivity index (χ4n) is 1.85. The maximum Gasteiger partial charge on any atom is 0.279 e. The van der Waals surface area contributed by atoms with E-state index in [9.17, 15) is 14.9 Å². The quantitative estimate of drug-likeness (QED) is 0.410. The molecule has 0 aliphatic carbocycles. The number of hydrogen-bond acceptors (Lipinski definition) is 6. The number of fused-ring (bicyclic) bond motifs is 1. The second kappa shape index (κ2) is 5.63. The zero-order valence-corrected chi connectivity index (χ0v) is 12.2. The Hall–Kier alpha value is -2.25. The van der Waals surface area contributed by atoms with Crippen LogP contribution in [0.25, 0.3) is 10.2 Å². The number of carbonyl (C=O) groups excluding carboxylic acids is 1. The Morgan fingerprint density at radius 3 is 2.76 bits per heavy atom. The standard InChI is InChI=1S/C14H8N2O3S2/c17-8-9-7-10(5-6-12(9)16(18)19)20-14-15-11-3-1-2-4-13(11)21-14/h1-8H. The first-order valence-corrected chi connectivity index (χ1v) is 7.58. The molecule has 21 heavy (non-hydrogen) atoms. The number of nitro benzene ring substituents is 1. The van der Waals surface area contributed by atoms with Crippen LogP contribution in [0.1, 0.15) is 10.4 Å². The van der Waals surface area contributed by atoms with Gasteiger partial charge < -0.3 is 0 Å². The van der Waals surface area contributed by atoms with Gasteiger partial charge in [-0.2, -0.15) is 0 Å². The molecule has 0 saturated heterocycles. The first kappa shape index (κ1) is 13.7. The summed E-state index contributed by atoms with van der Waals surface area (Å²) in [6.45, 7) is 0. The lowest BCUT2D eigenvalue weighted by atomic mass is 10.2. The van der Waals surface area contributed by atoms with E-state index in [0.29, 0.717) is 6.29 Å². The fraction of sp³-hybridized carbons (Fsp3) is 0. The van der Waals surface area contributed by atoms with E-state index in [1.807, 2.05) is 24.3 Å². The SMILES string of the molecule is O=Cc1cc(Sc2nc3ccccc3s2)ccc1[N+](=O)[O-]. The number of para-hydroxylation sites is 1. The number of thiazole rings is 1. The molecule has 3 aromatic rings. The summed E-state index contributed by atoms with van der Waals surface area (Å²) < 4.78 is 1.92. The number of nitro groups is 1. The molecule has 104 valence electrons. The van der Waals surface area contributed by atoms with Crippen molar-refractivity contribution in [2.75, 3.05) is 0 Å². The molecule has 3 rings (SSSR count). The summed E-state index contributed by atoms with van der Waals surface area (Å²) in [5, 5.41) is 10.8. The van der Waals surface area contributed by atoms with Gasteiger partial charge in [0.05, 0.1) is 20.7 Å². The monoisotopic (exact) mass is 316 g/mol.